The molecular weight excluding hydrogens is 273 g/mol. The van der Waals surface area contributed by atoms with Crippen molar-refractivity contribution in [1.82, 2.24) is 0 Å². The third-order valence-electron chi connectivity index (χ3n) is 3.02. The van der Waals surface area contributed by atoms with Gasteiger partial charge in [0.15, 0.2) is 0 Å². The molecule has 0 spiro atoms. The molecule has 0 saturated heterocycles. The quantitative estimate of drug-likeness (QED) is 0.816. The fraction of sp³-hybridized carbons (Fsp3) is 0.462. The number of nitrogens with two attached hydrogens (primary N) is 1. The van der Waals surface area contributed by atoms with E-state index in [1.54, 1.807) is 12.1 Å². The predicted octanol–water partition coefficient (Wildman–Crippen LogP) is 2.15. The number of alkyl halides is 3. The van der Waals surface area contributed by atoms with E-state index in [1.807, 2.05) is 6.07 Å². The van der Waals surface area contributed by atoms with Crippen LogP contribution in [-0.2, 0) is 16.0 Å². The number of ether oxygens (including phenoxy) is 1. The monoisotopic (exact) mass is 288 g/mol. The average Bonchev–Trinajstić information content (AvgIpc) is 2.72. The van der Waals surface area contributed by atoms with Crippen LogP contribution in [0.3, 0.4) is 0 Å². The number of hydrogen-bond acceptors (Lipinski definition) is 3. The Hall–Kier alpha value is -1.60. The molecule has 7 heteroatoms. The van der Waals surface area contributed by atoms with E-state index in [1.165, 1.54) is 0 Å². The summed E-state index contributed by atoms with van der Waals surface area (Å²) >= 11 is 0. The minimum absolute atomic E-state index is 0.0606. The fourth-order valence-electron chi connectivity index (χ4n) is 2.04. The van der Waals surface area contributed by atoms with Crippen LogP contribution >= 0.6 is 0 Å². The van der Waals surface area contributed by atoms with Gasteiger partial charge in [-0.2, -0.15) is 13.2 Å². The molecule has 1 atom stereocenters. The van der Waals surface area contributed by atoms with Gasteiger partial charge in [-0.3, -0.25) is 4.79 Å². The molecule has 1 amide bonds. The summed E-state index contributed by atoms with van der Waals surface area (Å²) in [6, 6.07) is 4.91. The van der Waals surface area contributed by atoms with Gasteiger partial charge >= 0.3 is 6.18 Å². The Balaban J connectivity index is 1.86. The second kappa shape index (κ2) is 5.80. The molecular formula is C13H15F3N2O2. The van der Waals surface area contributed by atoms with Crippen LogP contribution in [0.25, 0.3) is 0 Å². The summed E-state index contributed by atoms with van der Waals surface area (Å²) in [7, 11) is 0. The van der Waals surface area contributed by atoms with Crippen LogP contribution in [0.1, 0.15) is 23.6 Å². The Labute approximate surface area is 114 Å². The molecule has 0 bridgehead atoms. The van der Waals surface area contributed by atoms with Gasteiger partial charge < -0.3 is 15.8 Å². The summed E-state index contributed by atoms with van der Waals surface area (Å²) in [5.41, 5.74) is 8.32. The molecule has 4 nitrogen and oxygen atoms in total. The molecule has 20 heavy (non-hydrogen) atoms. The van der Waals surface area contributed by atoms with Gasteiger partial charge in [-0.15, -0.1) is 0 Å². The normalized spacial score (nSPS) is 15.9. The van der Waals surface area contributed by atoms with Gasteiger partial charge in [0, 0.05) is 18.3 Å². The van der Waals surface area contributed by atoms with Crippen molar-refractivity contribution >= 4 is 11.6 Å². The standard InChI is InChI=1S/C13H15F3N2O2/c14-13(15,16)7-20-4-3-10(17)8-1-2-11-9(5-8)6-12(19)18-11/h1-2,5,10H,3-4,6-7,17H2,(H,18,19). The first-order valence-corrected chi connectivity index (χ1v) is 6.18. The molecule has 1 heterocycles. The van der Waals surface area contributed by atoms with E-state index in [4.69, 9.17) is 5.73 Å². The number of amides is 1. The SMILES string of the molecule is NC(CCOCC(F)(F)F)c1ccc2c(c1)CC(=O)N2. The Kier molecular flexibility index (Phi) is 4.29. The molecule has 0 saturated carbocycles. The summed E-state index contributed by atoms with van der Waals surface area (Å²) < 4.78 is 40.2. The molecule has 1 aliphatic heterocycles. The first-order chi connectivity index (χ1) is 9.35. The van der Waals surface area contributed by atoms with E-state index in [0.717, 1.165) is 16.8 Å². The highest BCUT2D eigenvalue weighted by atomic mass is 19.4. The molecule has 1 aromatic rings. The van der Waals surface area contributed by atoms with Crippen LogP contribution in [0.5, 0.6) is 0 Å². The minimum atomic E-state index is -4.32. The smallest absolute Gasteiger partial charge is 0.372 e. The maximum absolute atomic E-state index is 11.9. The molecule has 0 fully saturated rings. The van der Waals surface area contributed by atoms with Crippen LogP contribution in [0.2, 0.25) is 0 Å². The second-order valence-electron chi connectivity index (χ2n) is 4.70. The Bertz CT molecular complexity index is 503. The van der Waals surface area contributed by atoms with Gasteiger partial charge in [0.05, 0.1) is 6.42 Å². The van der Waals surface area contributed by atoms with Gasteiger partial charge in [-0.05, 0) is 23.6 Å². The van der Waals surface area contributed by atoms with Crippen LogP contribution in [-0.4, -0.2) is 25.3 Å². The van der Waals surface area contributed by atoms with Crippen molar-refractivity contribution in [2.24, 2.45) is 5.73 Å². The van der Waals surface area contributed by atoms with Crippen LogP contribution in [0.4, 0.5) is 18.9 Å². The molecule has 3 N–H and O–H groups in total. The molecule has 1 aliphatic rings. The lowest BCUT2D eigenvalue weighted by Gasteiger charge is -2.14. The lowest BCUT2D eigenvalue weighted by atomic mass is 10.0. The zero-order valence-electron chi connectivity index (χ0n) is 10.7. The van der Waals surface area contributed by atoms with E-state index in [9.17, 15) is 18.0 Å². The number of hydrogen-bond donors (Lipinski definition) is 2. The largest absolute Gasteiger partial charge is 0.411 e. The van der Waals surface area contributed by atoms with Crippen molar-refractivity contribution in [3.8, 4) is 0 Å². The van der Waals surface area contributed by atoms with E-state index >= 15 is 0 Å². The number of carbonyl (C=O) groups is 1. The van der Waals surface area contributed by atoms with Crippen LogP contribution in [0, 0.1) is 0 Å². The number of carbonyl (C=O) groups excluding carboxylic acids is 1. The molecule has 110 valence electrons. The van der Waals surface area contributed by atoms with Gasteiger partial charge in [0.1, 0.15) is 6.61 Å². The number of fused-ring (bicyclic) bond motifs is 1. The van der Waals surface area contributed by atoms with Crippen molar-refractivity contribution in [3.63, 3.8) is 0 Å². The van der Waals surface area contributed by atoms with E-state index < -0.39 is 18.8 Å². The molecule has 0 aromatic heterocycles. The highest BCUT2D eigenvalue weighted by Gasteiger charge is 2.27. The van der Waals surface area contributed by atoms with Crippen LogP contribution < -0.4 is 11.1 Å². The molecule has 1 aromatic carbocycles. The maximum atomic E-state index is 11.9. The molecule has 1 unspecified atom stereocenters. The topological polar surface area (TPSA) is 64.3 Å². The van der Waals surface area contributed by atoms with E-state index in [-0.39, 0.29) is 18.9 Å². The van der Waals surface area contributed by atoms with E-state index in [2.05, 4.69) is 10.1 Å². The van der Waals surface area contributed by atoms with Crippen molar-refractivity contribution in [1.29, 1.82) is 0 Å². The van der Waals surface area contributed by atoms with Crippen molar-refractivity contribution < 1.29 is 22.7 Å². The van der Waals surface area contributed by atoms with Gasteiger partial charge in [-0.1, -0.05) is 12.1 Å². The van der Waals surface area contributed by atoms with E-state index in [0.29, 0.717) is 6.42 Å². The van der Waals surface area contributed by atoms with Gasteiger partial charge in [0.2, 0.25) is 5.91 Å². The molecule has 2 rings (SSSR count). The zero-order chi connectivity index (χ0) is 14.8. The summed E-state index contributed by atoms with van der Waals surface area (Å²) in [5.74, 6) is -0.0702. The third kappa shape index (κ3) is 3.94. The number of nitrogens with one attached hydrogen (secondary N) is 1. The Morgan fingerprint density at radius 2 is 2.15 bits per heavy atom. The number of rotatable bonds is 5. The lowest BCUT2D eigenvalue weighted by Crippen LogP contribution is -2.19. The minimum Gasteiger partial charge on any atom is -0.372 e. The van der Waals surface area contributed by atoms with Crippen molar-refractivity contribution in [3.05, 3.63) is 29.3 Å². The average molecular weight is 288 g/mol. The fourth-order valence-corrected chi connectivity index (χ4v) is 2.04. The first kappa shape index (κ1) is 14.8. The summed E-state index contributed by atoms with van der Waals surface area (Å²) in [6.45, 7) is -1.32. The third-order valence-corrected chi connectivity index (χ3v) is 3.02. The Morgan fingerprint density at radius 1 is 1.40 bits per heavy atom. The number of halogens is 3. The second-order valence-corrected chi connectivity index (χ2v) is 4.70. The summed E-state index contributed by atoms with van der Waals surface area (Å²) in [6.07, 6.45) is -3.72. The van der Waals surface area contributed by atoms with Crippen molar-refractivity contribution in [2.45, 2.75) is 25.1 Å². The lowest BCUT2D eigenvalue weighted by molar-refractivity contribution is -0.174. The predicted molar refractivity (Wildman–Crippen MR) is 67.2 cm³/mol. The maximum Gasteiger partial charge on any atom is 0.411 e. The molecule has 0 radical (unpaired) electrons. The highest BCUT2D eigenvalue weighted by molar-refractivity contribution is 5.99. The zero-order valence-corrected chi connectivity index (χ0v) is 10.7. The van der Waals surface area contributed by atoms with Gasteiger partial charge in [-0.25, -0.2) is 0 Å². The Morgan fingerprint density at radius 3 is 2.85 bits per heavy atom. The first-order valence-electron chi connectivity index (χ1n) is 6.18. The van der Waals surface area contributed by atoms with Gasteiger partial charge in [0.25, 0.3) is 0 Å². The molecule has 0 aliphatic carbocycles. The summed E-state index contributed by atoms with van der Waals surface area (Å²) in [5, 5.41) is 2.70. The van der Waals surface area contributed by atoms with Crippen LogP contribution in [0.15, 0.2) is 18.2 Å². The highest BCUT2D eigenvalue weighted by Crippen LogP contribution is 2.26. The van der Waals surface area contributed by atoms with Crippen molar-refractivity contribution in [2.75, 3.05) is 18.5 Å². The summed E-state index contributed by atoms with van der Waals surface area (Å²) in [4.78, 5) is 11.2. The number of benzene rings is 1. The number of anilines is 1.